The molecule has 0 fully saturated rings. The lowest BCUT2D eigenvalue weighted by Crippen LogP contribution is -2.38. The summed E-state index contributed by atoms with van der Waals surface area (Å²) in [6.45, 7) is 2.50. The SMILES string of the molecule is CC(C)C(C(=O)O)C(=O)C(F)(F)F. The van der Waals surface area contributed by atoms with Gasteiger partial charge >= 0.3 is 12.1 Å². The number of ketones is 1. The molecule has 0 bridgehead atoms. The third-order valence-corrected chi connectivity index (χ3v) is 1.49. The summed E-state index contributed by atoms with van der Waals surface area (Å²) in [6.07, 6.45) is -5.08. The molecule has 0 aromatic carbocycles. The molecule has 1 N–H and O–H groups in total. The van der Waals surface area contributed by atoms with Crippen LogP contribution in [0.1, 0.15) is 13.8 Å². The highest BCUT2D eigenvalue weighted by Crippen LogP contribution is 2.25. The van der Waals surface area contributed by atoms with Gasteiger partial charge in [-0.15, -0.1) is 0 Å². The van der Waals surface area contributed by atoms with Crippen molar-refractivity contribution in [1.29, 1.82) is 0 Å². The van der Waals surface area contributed by atoms with Crippen LogP contribution in [0.4, 0.5) is 13.2 Å². The molecule has 76 valence electrons. The van der Waals surface area contributed by atoms with Gasteiger partial charge in [0.2, 0.25) is 0 Å². The van der Waals surface area contributed by atoms with E-state index in [9.17, 15) is 22.8 Å². The molecule has 0 aromatic rings. The minimum absolute atomic E-state index is 0.869. The van der Waals surface area contributed by atoms with E-state index in [1.165, 1.54) is 13.8 Å². The Hall–Kier alpha value is -1.07. The van der Waals surface area contributed by atoms with Crippen LogP contribution in [0.3, 0.4) is 0 Å². The molecule has 0 heterocycles. The van der Waals surface area contributed by atoms with Crippen molar-refractivity contribution in [1.82, 2.24) is 0 Å². The van der Waals surface area contributed by atoms with E-state index < -0.39 is 29.8 Å². The van der Waals surface area contributed by atoms with E-state index in [1.54, 1.807) is 0 Å². The highest BCUT2D eigenvalue weighted by molar-refractivity contribution is 6.01. The Kier molecular flexibility index (Phi) is 3.45. The van der Waals surface area contributed by atoms with Crippen LogP contribution in [0, 0.1) is 11.8 Å². The maximum Gasteiger partial charge on any atom is 0.450 e. The summed E-state index contributed by atoms with van der Waals surface area (Å²) >= 11 is 0. The molecule has 0 aliphatic carbocycles. The van der Waals surface area contributed by atoms with E-state index in [0.717, 1.165) is 0 Å². The Morgan fingerprint density at radius 1 is 1.23 bits per heavy atom. The van der Waals surface area contributed by atoms with E-state index in [4.69, 9.17) is 5.11 Å². The summed E-state index contributed by atoms with van der Waals surface area (Å²) in [4.78, 5) is 20.9. The fourth-order valence-electron chi connectivity index (χ4n) is 0.876. The maximum absolute atomic E-state index is 11.8. The van der Waals surface area contributed by atoms with Gasteiger partial charge in [-0.2, -0.15) is 13.2 Å². The van der Waals surface area contributed by atoms with Gasteiger partial charge in [0.05, 0.1) is 0 Å². The first-order valence-corrected chi connectivity index (χ1v) is 3.51. The summed E-state index contributed by atoms with van der Waals surface area (Å²) in [5.41, 5.74) is 0. The van der Waals surface area contributed by atoms with Gasteiger partial charge in [0, 0.05) is 0 Å². The summed E-state index contributed by atoms with van der Waals surface area (Å²) < 4.78 is 35.4. The largest absolute Gasteiger partial charge is 0.481 e. The normalized spacial score (nSPS) is 14.3. The second-order valence-electron chi connectivity index (χ2n) is 2.92. The molecular formula is C7H9F3O3. The molecule has 0 aromatic heterocycles. The van der Waals surface area contributed by atoms with Crippen LogP contribution in [0.2, 0.25) is 0 Å². The molecule has 0 rings (SSSR count). The summed E-state index contributed by atoms with van der Waals surface area (Å²) in [7, 11) is 0. The Morgan fingerprint density at radius 2 is 1.62 bits per heavy atom. The number of rotatable bonds is 3. The van der Waals surface area contributed by atoms with Crippen LogP contribution in [-0.4, -0.2) is 23.0 Å². The minimum atomic E-state index is -5.08. The number of carbonyl (C=O) groups excluding carboxylic acids is 1. The van der Waals surface area contributed by atoms with E-state index in [2.05, 4.69) is 0 Å². The predicted molar refractivity (Wildman–Crippen MR) is 37.0 cm³/mol. The first kappa shape index (κ1) is 11.9. The minimum Gasteiger partial charge on any atom is -0.481 e. The molecule has 0 aliphatic heterocycles. The van der Waals surface area contributed by atoms with Gasteiger partial charge in [0.15, 0.2) is 0 Å². The van der Waals surface area contributed by atoms with Crippen LogP contribution >= 0.6 is 0 Å². The molecule has 1 unspecified atom stereocenters. The fraction of sp³-hybridized carbons (Fsp3) is 0.714. The van der Waals surface area contributed by atoms with Gasteiger partial charge in [0.1, 0.15) is 5.92 Å². The Bertz CT molecular complexity index is 220. The average Bonchev–Trinajstić information content (AvgIpc) is 1.82. The topological polar surface area (TPSA) is 54.4 Å². The lowest BCUT2D eigenvalue weighted by Gasteiger charge is -2.16. The van der Waals surface area contributed by atoms with Crippen molar-refractivity contribution in [2.24, 2.45) is 11.8 Å². The van der Waals surface area contributed by atoms with Crippen molar-refractivity contribution < 1.29 is 27.9 Å². The first-order chi connectivity index (χ1) is 5.68. The van der Waals surface area contributed by atoms with Crippen molar-refractivity contribution in [2.45, 2.75) is 20.0 Å². The van der Waals surface area contributed by atoms with Gasteiger partial charge < -0.3 is 5.11 Å². The Morgan fingerprint density at radius 3 is 1.69 bits per heavy atom. The van der Waals surface area contributed by atoms with Crippen LogP contribution < -0.4 is 0 Å². The molecule has 0 saturated carbocycles. The van der Waals surface area contributed by atoms with E-state index in [1.807, 2.05) is 0 Å². The van der Waals surface area contributed by atoms with Crippen molar-refractivity contribution in [2.75, 3.05) is 0 Å². The Labute approximate surface area is 72.5 Å². The molecule has 1 atom stereocenters. The standard InChI is InChI=1S/C7H9F3O3/c1-3(2)4(6(12)13)5(11)7(8,9)10/h3-4H,1-2H3,(H,12,13). The Balaban J connectivity index is 4.78. The zero-order chi connectivity index (χ0) is 10.8. The molecule has 0 saturated heterocycles. The highest BCUT2D eigenvalue weighted by Gasteiger charge is 2.47. The van der Waals surface area contributed by atoms with Crippen molar-refractivity contribution in [3.63, 3.8) is 0 Å². The van der Waals surface area contributed by atoms with Crippen LogP contribution in [0.25, 0.3) is 0 Å². The summed E-state index contributed by atoms with van der Waals surface area (Å²) in [5, 5.41) is 8.36. The lowest BCUT2D eigenvalue weighted by molar-refractivity contribution is -0.181. The number of hydrogen-bond donors (Lipinski definition) is 1. The van der Waals surface area contributed by atoms with Crippen molar-refractivity contribution in [3.8, 4) is 0 Å². The van der Waals surface area contributed by atoms with E-state index in [0.29, 0.717) is 0 Å². The van der Waals surface area contributed by atoms with Gasteiger partial charge in [-0.3, -0.25) is 9.59 Å². The number of aliphatic carboxylic acids is 1. The number of Topliss-reactive ketones (excluding diaryl/α,β-unsaturated/α-hetero) is 1. The van der Waals surface area contributed by atoms with Crippen LogP contribution in [-0.2, 0) is 9.59 Å². The van der Waals surface area contributed by atoms with Crippen LogP contribution in [0.5, 0.6) is 0 Å². The molecule has 0 amide bonds. The highest BCUT2D eigenvalue weighted by atomic mass is 19.4. The van der Waals surface area contributed by atoms with Gasteiger partial charge in [-0.05, 0) is 5.92 Å². The maximum atomic E-state index is 11.8. The van der Waals surface area contributed by atoms with Gasteiger partial charge in [-0.25, -0.2) is 0 Å². The zero-order valence-electron chi connectivity index (χ0n) is 7.05. The number of alkyl halides is 3. The molecule has 0 radical (unpaired) electrons. The third-order valence-electron chi connectivity index (χ3n) is 1.49. The lowest BCUT2D eigenvalue weighted by atomic mass is 9.91. The second kappa shape index (κ2) is 3.76. The van der Waals surface area contributed by atoms with Crippen molar-refractivity contribution in [3.05, 3.63) is 0 Å². The number of halogens is 3. The van der Waals surface area contributed by atoms with Crippen molar-refractivity contribution >= 4 is 11.8 Å². The monoisotopic (exact) mass is 198 g/mol. The smallest absolute Gasteiger partial charge is 0.450 e. The number of hydrogen-bond acceptors (Lipinski definition) is 2. The average molecular weight is 198 g/mol. The number of carboxylic acid groups (broad SMARTS) is 1. The third kappa shape index (κ3) is 3.04. The van der Waals surface area contributed by atoms with Gasteiger partial charge in [-0.1, -0.05) is 13.8 Å². The molecule has 13 heavy (non-hydrogen) atoms. The molecule has 0 aliphatic rings. The summed E-state index contributed by atoms with van der Waals surface area (Å²) in [6, 6.07) is 0. The van der Waals surface area contributed by atoms with E-state index in [-0.39, 0.29) is 0 Å². The molecular weight excluding hydrogens is 189 g/mol. The van der Waals surface area contributed by atoms with E-state index >= 15 is 0 Å². The zero-order valence-corrected chi connectivity index (χ0v) is 7.05. The van der Waals surface area contributed by atoms with Gasteiger partial charge in [0.25, 0.3) is 5.78 Å². The molecule has 6 heteroatoms. The number of carbonyl (C=O) groups is 2. The fourth-order valence-corrected chi connectivity index (χ4v) is 0.876. The first-order valence-electron chi connectivity index (χ1n) is 3.51. The number of carboxylic acids is 1. The second-order valence-corrected chi connectivity index (χ2v) is 2.92. The van der Waals surface area contributed by atoms with Crippen LogP contribution in [0.15, 0.2) is 0 Å². The molecule has 3 nitrogen and oxygen atoms in total. The predicted octanol–water partition coefficient (Wildman–Crippen LogP) is 1.47. The quantitative estimate of drug-likeness (QED) is 0.698. The molecule has 0 spiro atoms. The summed E-state index contributed by atoms with van der Waals surface area (Å²) in [5.74, 6) is -6.81.